The number of nitrogens with zero attached hydrogens (tertiary/aromatic N) is 2. The van der Waals surface area contributed by atoms with Crippen LogP contribution in [0.15, 0.2) is 47.7 Å². The van der Waals surface area contributed by atoms with Gasteiger partial charge in [-0.2, -0.15) is 0 Å². The van der Waals surface area contributed by atoms with Crippen LogP contribution in [0.3, 0.4) is 0 Å². The van der Waals surface area contributed by atoms with E-state index in [2.05, 4.69) is 5.32 Å². The van der Waals surface area contributed by atoms with Gasteiger partial charge in [-0.1, -0.05) is 0 Å². The molecule has 4 rings (SSSR count). The quantitative estimate of drug-likeness (QED) is 0.486. The van der Waals surface area contributed by atoms with Gasteiger partial charge in [0.15, 0.2) is 11.6 Å². The first-order valence-corrected chi connectivity index (χ1v) is 11.7. The highest BCUT2D eigenvalue weighted by atomic mass is 19.1. The van der Waals surface area contributed by atoms with Crippen molar-refractivity contribution in [2.45, 2.75) is 33.1 Å². The highest BCUT2D eigenvalue weighted by Gasteiger charge is 2.32. The van der Waals surface area contributed by atoms with E-state index in [0.29, 0.717) is 25.3 Å². The van der Waals surface area contributed by atoms with Crippen molar-refractivity contribution in [1.29, 1.82) is 5.41 Å². The van der Waals surface area contributed by atoms with E-state index in [1.165, 1.54) is 17.0 Å². The van der Waals surface area contributed by atoms with Crippen molar-refractivity contribution in [1.82, 2.24) is 0 Å². The fourth-order valence-corrected chi connectivity index (χ4v) is 4.50. The number of carbonyl (C=O) groups is 3. The highest BCUT2D eigenvalue weighted by Crippen LogP contribution is 2.32. The van der Waals surface area contributed by atoms with Crippen LogP contribution in [0.4, 0.5) is 21.5 Å². The first-order valence-electron chi connectivity index (χ1n) is 11.7. The summed E-state index contributed by atoms with van der Waals surface area (Å²) in [5.41, 5.74) is 7.52. The molecule has 36 heavy (non-hydrogen) atoms. The molecule has 2 heterocycles. The molecule has 1 saturated heterocycles. The monoisotopic (exact) mass is 493 g/mol. The average Bonchev–Trinajstić information content (AvgIpc) is 3.27. The Kier molecular flexibility index (Phi) is 7.05. The predicted octanol–water partition coefficient (Wildman–Crippen LogP) is 3.27. The third-order valence-corrected chi connectivity index (χ3v) is 6.25. The maximum atomic E-state index is 14.4. The second kappa shape index (κ2) is 10.2. The van der Waals surface area contributed by atoms with Gasteiger partial charge in [-0.15, -0.1) is 0 Å². The molecule has 2 aliphatic rings. The summed E-state index contributed by atoms with van der Waals surface area (Å²) in [4.78, 5) is 40.8. The molecule has 2 aliphatic heterocycles. The molecule has 2 aromatic carbocycles. The Bertz CT molecular complexity index is 1290. The minimum Gasteiger partial charge on any atom is -0.491 e. The van der Waals surface area contributed by atoms with Crippen LogP contribution in [-0.4, -0.2) is 43.1 Å². The van der Waals surface area contributed by atoms with E-state index in [4.69, 9.17) is 15.9 Å². The first-order chi connectivity index (χ1) is 17.2. The van der Waals surface area contributed by atoms with Gasteiger partial charge in [0.05, 0.1) is 6.61 Å². The zero-order chi connectivity index (χ0) is 26.0. The second-order valence-electron chi connectivity index (χ2n) is 8.62. The number of primary amides is 1. The number of carbonyl (C=O) groups excluding carboxylic acids is 3. The lowest BCUT2D eigenvalue weighted by Crippen LogP contribution is -2.42. The Morgan fingerprint density at radius 2 is 1.92 bits per heavy atom. The number of benzene rings is 2. The number of amides is 3. The van der Waals surface area contributed by atoms with Crippen LogP contribution in [0.1, 0.15) is 31.7 Å². The molecule has 2 aromatic rings. The molecule has 0 aliphatic carbocycles. The third kappa shape index (κ3) is 4.79. The lowest BCUT2D eigenvalue weighted by Gasteiger charge is -2.31. The summed E-state index contributed by atoms with van der Waals surface area (Å²) in [6.45, 7) is 4.80. The van der Waals surface area contributed by atoms with Crippen molar-refractivity contribution in [3.8, 4) is 5.75 Å². The fraction of sp³-hybridized carbons (Fsp3) is 0.308. The largest absolute Gasteiger partial charge is 0.491 e. The number of aryl methyl sites for hydroxylation is 1. The highest BCUT2D eigenvalue weighted by molar-refractivity contribution is 6.44. The molecule has 10 heteroatoms. The summed E-state index contributed by atoms with van der Waals surface area (Å²) in [6, 6.07) is 9.59. The molecule has 188 valence electrons. The minimum atomic E-state index is -0.959. The van der Waals surface area contributed by atoms with Gasteiger partial charge in [0.25, 0.3) is 11.8 Å². The number of halogens is 1. The van der Waals surface area contributed by atoms with Gasteiger partial charge in [0.2, 0.25) is 5.91 Å². The molecule has 0 aromatic heterocycles. The van der Waals surface area contributed by atoms with Crippen LogP contribution < -0.4 is 25.6 Å². The molecule has 0 atom stereocenters. The summed E-state index contributed by atoms with van der Waals surface area (Å²) >= 11 is 0. The van der Waals surface area contributed by atoms with Gasteiger partial charge < -0.3 is 25.6 Å². The van der Waals surface area contributed by atoms with Crippen molar-refractivity contribution in [2.24, 2.45) is 5.73 Å². The summed E-state index contributed by atoms with van der Waals surface area (Å²) in [7, 11) is 0. The topological polar surface area (TPSA) is 129 Å². The number of ether oxygens (including phenoxy) is 1. The Morgan fingerprint density at radius 3 is 2.53 bits per heavy atom. The molecule has 0 spiro atoms. The first kappa shape index (κ1) is 24.9. The van der Waals surface area contributed by atoms with E-state index in [1.54, 1.807) is 24.0 Å². The summed E-state index contributed by atoms with van der Waals surface area (Å²) in [5, 5.41) is 11.0. The Labute approximate surface area is 208 Å². The second-order valence-corrected chi connectivity index (χ2v) is 8.62. The zero-order valence-electron chi connectivity index (χ0n) is 20.2. The van der Waals surface area contributed by atoms with Crippen molar-refractivity contribution in [2.75, 3.05) is 34.8 Å². The van der Waals surface area contributed by atoms with Crippen LogP contribution in [0.25, 0.3) is 0 Å². The molecule has 0 radical (unpaired) electrons. The number of hydrogen-bond acceptors (Lipinski definition) is 6. The van der Waals surface area contributed by atoms with Crippen molar-refractivity contribution < 1.29 is 23.5 Å². The predicted molar refractivity (Wildman–Crippen MR) is 135 cm³/mol. The lowest BCUT2D eigenvalue weighted by molar-refractivity contribution is -0.117. The zero-order valence-corrected chi connectivity index (χ0v) is 20.2. The van der Waals surface area contributed by atoms with Crippen LogP contribution in [-0.2, 0) is 14.4 Å². The number of anilines is 3. The molecule has 0 unspecified atom stereocenters. The van der Waals surface area contributed by atoms with Crippen LogP contribution in [0.5, 0.6) is 5.75 Å². The normalized spacial score (nSPS) is 16.0. The summed E-state index contributed by atoms with van der Waals surface area (Å²) in [5.74, 6) is -1.91. The molecule has 9 nitrogen and oxygen atoms in total. The van der Waals surface area contributed by atoms with Gasteiger partial charge in [0, 0.05) is 48.2 Å². The van der Waals surface area contributed by atoms with E-state index in [0.717, 1.165) is 17.7 Å². The third-order valence-electron chi connectivity index (χ3n) is 6.25. The smallest absolute Gasteiger partial charge is 0.275 e. The maximum Gasteiger partial charge on any atom is 0.275 e. The number of rotatable bonds is 8. The fourth-order valence-electron chi connectivity index (χ4n) is 4.50. The summed E-state index contributed by atoms with van der Waals surface area (Å²) < 4.78 is 19.7. The van der Waals surface area contributed by atoms with E-state index in [-0.39, 0.29) is 41.6 Å². The number of nitrogens with one attached hydrogen (secondary N) is 2. The summed E-state index contributed by atoms with van der Waals surface area (Å²) in [6.07, 6.45) is 1.53. The van der Waals surface area contributed by atoms with Crippen molar-refractivity contribution >= 4 is 40.5 Å². The average molecular weight is 494 g/mol. The van der Waals surface area contributed by atoms with Crippen molar-refractivity contribution in [3.05, 3.63) is 59.0 Å². The maximum absolute atomic E-state index is 14.4. The van der Waals surface area contributed by atoms with E-state index >= 15 is 0 Å². The van der Waals surface area contributed by atoms with E-state index in [9.17, 15) is 18.8 Å². The lowest BCUT2D eigenvalue weighted by atomic mass is 9.98. The van der Waals surface area contributed by atoms with Gasteiger partial charge in [0.1, 0.15) is 11.4 Å². The van der Waals surface area contributed by atoms with Crippen LogP contribution >= 0.6 is 0 Å². The van der Waals surface area contributed by atoms with Crippen LogP contribution in [0.2, 0.25) is 0 Å². The number of hydrogen-bond donors (Lipinski definition) is 3. The van der Waals surface area contributed by atoms with Gasteiger partial charge in [-0.05, 0) is 62.6 Å². The van der Waals surface area contributed by atoms with Gasteiger partial charge in [-0.3, -0.25) is 19.8 Å². The van der Waals surface area contributed by atoms with Gasteiger partial charge >= 0.3 is 0 Å². The Hall–Kier alpha value is -4.21. The van der Waals surface area contributed by atoms with Crippen LogP contribution in [0, 0.1) is 18.2 Å². The molecule has 3 amide bonds. The molecule has 0 bridgehead atoms. The number of nitrogens with two attached hydrogens (primary N) is 1. The molecular weight excluding hydrogens is 465 g/mol. The van der Waals surface area contributed by atoms with Crippen molar-refractivity contribution in [3.63, 3.8) is 0 Å². The standard InChI is InChI=1S/C26H28FN5O4/c1-3-36-21-9-6-16(14-19(21)27)30-24-18(23(28)25(29)34)10-12-31(26(24)35)17-7-8-20(15(2)13-17)32-11-4-5-22(32)33/h6-9,13-14,28,30H,3-5,10-12H2,1-2H3,(H2,29,34). The Morgan fingerprint density at radius 1 is 1.14 bits per heavy atom. The molecular formula is C26H28FN5O4. The van der Waals surface area contributed by atoms with E-state index < -0.39 is 23.3 Å². The molecule has 4 N–H and O–H groups in total. The molecule has 1 fully saturated rings. The molecule has 0 saturated carbocycles. The Balaban J connectivity index is 1.67. The minimum absolute atomic E-state index is 0.0231. The van der Waals surface area contributed by atoms with Gasteiger partial charge in [-0.25, -0.2) is 4.39 Å². The van der Waals surface area contributed by atoms with E-state index in [1.807, 2.05) is 19.1 Å². The SMILES string of the molecule is CCOc1ccc(NC2=C(C(=N)C(N)=O)CCN(c3ccc(N4CCCC4=O)c(C)c3)C2=O)cc1F.